The van der Waals surface area contributed by atoms with Crippen molar-refractivity contribution in [2.75, 3.05) is 18.9 Å². The highest BCUT2D eigenvalue weighted by atomic mass is 16.6. The zero-order valence-corrected chi connectivity index (χ0v) is 15.8. The quantitative estimate of drug-likeness (QED) is 0.872. The Balaban J connectivity index is 1.90. The second kappa shape index (κ2) is 7.27. The Hall–Kier alpha value is -2.47. The van der Waals surface area contributed by atoms with Crippen LogP contribution in [0.3, 0.4) is 0 Å². The molecule has 3 heterocycles. The molecule has 1 saturated carbocycles. The van der Waals surface area contributed by atoms with Crippen molar-refractivity contribution in [3.05, 3.63) is 47.9 Å². The van der Waals surface area contributed by atoms with Crippen LogP contribution in [0, 0.1) is 0 Å². The first-order chi connectivity index (χ1) is 13.1. The molecule has 2 aliphatic rings. The van der Waals surface area contributed by atoms with Crippen LogP contribution in [0.15, 0.2) is 31.1 Å². The highest BCUT2D eigenvalue weighted by Gasteiger charge is 2.41. The Labute approximate surface area is 159 Å². The zero-order chi connectivity index (χ0) is 18.9. The summed E-state index contributed by atoms with van der Waals surface area (Å²) >= 11 is 0. The van der Waals surface area contributed by atoms with Gasteiger partial charge in [-0.2, -0.15) is 4.98 Å². The van der Waals surface area contributed by atoms with Crippen molar-refractivity contribution < 1.29 is 9.47 Å². The zero-order valence-electron chi connectivity index (χ0n) is 15.8. The number of aromatic nitrogens is 3. The van der Waals surface area contributed by atoms with E-state index in [9.17, 15) is 0 Å². The Bertz CT molecular complexity index is 828. The summed E-state index contributed by atoms with van der Waals surface area (Å²) in [5, 5.41) is 0. The normalized spacial score (nSPS) is 19.3. The Morgan fingerprint density at radius 3 is 2.63 bits per heavy atom. The maximum Gasteiger partial charge on any atom is 0.226 e. The molecule has 6 nitrogen and oxygen atoms in total. The molecule has 6 heteroatoms. The Kier molecular flexibility index (Phi) is 4.83. The molecule has 1 aliphatic heterocycles. The van der Waals surface area contributed by atoms with Gasteiger partial charge in [0.1, 0.15) is 6.10 Å². The molecule has 0 spiro atoms. The molecule has 2 fully saturated rings. The minimum absolute atomic E-state index is 0.00551. The third-order valence-electron chi connectivity index (χ3n) is 5.58. The SMILES string of the molecule is C=C(C)c1c(OC2COC2)nc(N)nc1C1(c2cccnc2)CCCCC1. The number of hydrogen-bond donors (Lipinski definition) is 1. The van der Waals surface area contributed by atoms with Crippen molar-refractivity contribution in [2.45, 2.75) is 50.5 Å². The molecule has 27 heavy (non-hydrogen) atoms. The van der Waals surface area contributed by atoms with E-state index in [4.69, 9.17) is 20.2 Å². The van der Waals surface area contributed by atoms with Crippen LogP contribution in [0.5, 0.6) is 5.88 Å². The van der Waals surface area contributed by atoms with Crippen molar-refractivity contribution in [2.24, 2.45) is 0 Å². The lowest BCUT2D eigenvalue weighted by Crippen LogP contribution is -2.39. The summed E-state index contributed by atoms with van der Waals surface area (Å²) in [6.45, 7) is 7.32. The molecule has 142 valence electrons. The number of rotatable bonds is 5. The van der Waals surface area contributed by atoms with Gasteiger partial charge in [0.2, 0.25) is 11.8 Å². The fourth-order valence-electron chi connectivity index (χ4n) is 4.18. The molecule has 2 N–H and O–H groups in total. The average molecular weight is 366 g/mol. The van der Waals surface area contributed by atoms with Crippen LogP contribution in [0.2, 0.25) is 0 Å². The lowest BCUT2D eigenvalue weighted by molar-refractivity contribution is -0.0814. The molecule has 2 aromatic heterocycles. The summed E-state index contributed by atoms with van der Waals surface area (Å²) in [5.41, 5.74) is 9.74. The van der Waals surface area contributed by atoms with Crippen molar-refractivity contribution in [3.8, 4) is 5.88 Å². The van der Waals surface area contributed by atoms with Gasteiger partial charge in [-0.3, -0.25) is 4.98 Å². The largest absolute Gasteiger partial charge is 0.469 e. The minimum atomic E-state index is -0.244. The van der Waals surface area contributed by atoms with Gasteiger partial charge in [-0.05, 0) is 37.0 Å². The fourth-order valence-corrected chi connectivity index (χ4v) is 4.18. The third kappa shape index (κ3) is 3.30. The van der Waals surface area contributed by atoms with Gasteiger partial charge in [-0.1, -0.05) is 31.9 Å². The van der Waals surface area contributed by atoms with Crippen molar-refractivity contribution in [1.29, 1.82) is 0 Å². The lowest BCUT2D eigenvalue weighted by atomic mass is 9.66. The summed E-state index contributed by atoms with van der Waals surface area (Å²) in [4.78, 5) is 13.5. The maximum absolute atomic E-state index is 6.13. The topological polar surface area (TPSA) is 83.2 Å². The van der Waals surface area contributed by atoms with E-state index in [1.54, 1.807) is 6.20 Å². The second-order valence-electron chi connectivity index (χ2n) is 7.55. The molecule has 0 amide bonds. The van der Waals surface area contributed by atoms with Crippen molar-refractivity contribution in [1.82, 2.24) is 15.0 Å². The predicted octanol–water partition coefficient (Wildman–Crippen LogP) is 3.51. The number of anilines is 1. The molecule has 0 bridgehead atoms. The molecule has 2 aromatic rings. The Morgan fingerprint density at radius 2 is 2.04 bits per heavy atom. The van der Waals surface area contributed by atoms with E-state index >= 15 is 0 Å². The maximum atomic E-state index is 6.13. The van der Waals surface area contributed by atoms with Crippen molar-refractivity contribution >= 4 is 11.5 Å². The van der Waals surface area contributed by atoms with Crippen LogP contribution >= 0.6 is 0 Å². The number of pyridine rings is 1. The second-order valence-corrected chi connectivity index (χ2v) is 7.55. The van der Waals surface area contributed by atoms with E-state index in [-0.39, 0.29) is 17.5 Å². The third-order valence-corrected chi connectivity index (χ3v) is 5.58. The van der Waals surface area contributed by atoms with Gasteiger partial charge >= 0.3 is 0 Å². The number of nitrogen functional groups attached to an aromatic ring is 1. The molecule has 0 aromatic carbocycles. The van der Waals surface area contributed by atoms with E-state index < -0.39 is 0 Å². The summed E-state index contributed by atoms with van der Waals surface area (Å²) in [6.07, 6.45) is 9.27. The first-order valence-corrected chi connectivity index (χ1v) is 9.59. The highest BCUT2D eigenvalue weighted by Crippen LogP contribution is 2.47. The monoisotopic (exact) mass is 366 g/mol. The van der Waals surface area contributed by atoms with Crippen LogP contribution in [0.1, 0.15) is 55.8 Å². The number of ether oxygens (including phenoxy) is 2. The van der Waals surface area contributed by atoms with E-state index in [0.717, 1.165) is 42.5 Å². The van der Waals surface area contributed by atoms with Gasteiger partial charge in [0.25, 0.3) is 0 Å². The number of hydrogen-bond acceptors (Lipinski definition) is 6. The predicted molar refractivity (Wildman–Crippen MR) is 104 cm³/mol. The average Bonchev–Trinajstić information content (AvgIpc) is 2.65. The summed E-state index contributed by atoms with van der Waals surface area (Å²) in [6, 6.07) is 4.12. The van der Waals surface area contributed by atoms with E-state index in [2.05, 4.69) is 22.6 Å². The van der Waals surface area contributed by atoms with Gasteiger partial charge in [0.05, 0.1) is 24.5 Å². The van der Waals surface area contributed by atoms with E-state index in [1.165, 1.54) is 12.0 Å². The molecule has 0 radical (unpaired) electrons. The summed E-state index contributed by atoms with van der Waals surface area (Å²) in [5.74, 6) is 0.756. The lowest BCUT2D eigenvalue weighted by Gasteiger charge is -2.39. The molecule has 1 aliphatic carbocycles. The van der Waals surface area contributed by atoms with Gasteiger partial charge in [0.15, 0.2) is 0 Å². The van der Waals surface area contributed by atoms with E-state index in [1.807, 2.05) is 19.2 Å². The number of allylic oxidation sites excluding steroid dienone is 1. The number of nitrogens with two attached hydrogens (primary N) is 1. The highest BCUT2D eigenvalue weighted by molar-refractivity contribution is 5.70. The van der Waals surface area contributed by atoms with Crippen LogP contribution in [-0.2, 0) is 10.2 Å². The van der Waals surface area contributed by atoms with Gasteiger partial charge in [-0.15, -0.1) is 0 Å². The van der Waals surface area contributed by atoms with Crippen LogP contribution in [-0.4, -0.2) is 34.3 Å². The minimum Gasteiger partial charge on any atom is -0.469 e. The molecule has 0 atom stereocenters. The molecule has 0 unspecified atom stereocenters. The van der Waals surface area contributed by atoms with Crippen LogP contribution < -0.4 is 10.5 Å². The molecule has 1 saturated heterocycles. The van der Waals surface area contributed by atoms with Crippen molar-refractivity contribution in [3.63, 3.8) is 0 Å². The van der Waals surface area contributed by atoms with Gasteiger partial charge in [-0.25, -0.2) is 4.98 Å². The summed E-state index contributed by atoms with van der Waals surface area (Å²) in [7, 11) is 0. The molecular formula is C21H26N4O2. The smallest absolute Gasteiger partial charge is 0.226 e. The molecule has 4 rings (SSSR count). The standard InChI is InChI=1S/C21H26N4O2/c1-14(2)17-18(24-20(22)25-19(17)27-16-12-26-13-16)21(8-4-3-5-9-21)15-7-6-10-23-11-15/h6-7,10-11,16H,1,3-5,8-9,12-13H2,2H3,(H2,22,24,25). The van der Waals surface area contributed by atoms with Crippen LogP contribution in [0.4, 0.5) is 5.95 Å². The van der Waals surface area contributed by atoms with E-state index in [0.29, 0.717) is 19.1 Å². The first-order valence-electron chi connectivity index (χ1n) is 9.59. The number of nitrogens with zero attached hydrogens (tertiary/aromatic N) is 3. The van der Waals surface area contributed by atoms with Gasteiger partial charge < -0.3 is 15.2 Å². The fraction of sp³-hybridized carbons (Fsp3) is 0.476. The van der Waals surface area contributed by atoms with Crippen LogP contribution in [0.25, 0.3) is 5.57 Å². The van der Waals surface area contributed by atoms with Gasteiger partial charge in [0, 0.05) is 17.8 Å². The Morgan fingerprint density at radius 1 is 1.26 bits per heavy atom. The summed E-state index contributed by atoms with van der Waals surface area (Å²) < 4.78 is 11.3. The molecular weight excluding hydrogens is 340 g/mol. The first kappa shape index (κ1) is 17.9.